The molecule has 4 nitrogen and oxygen atoms in total. The van der Waals surface area contributed by atoms with Gasteiger partial charge in [-0.05, 0) is 44.0 Å². The third-order valence-corrected chi connectivity index (χ3v) is 3.88. The van der Waals surface area contributed by atoms with Gasteiger partial charge in [0.1, 0.15) is 0 Å². The molecule has 0 aliphatic carbocycles. The van der Waals surface area contributed by atoms with Crippen LogP contribution in [0.2, 0.25) is 0 Å². The van der Waals surface area contributed by atoms with Crippen molar-refractivity contribution in [1.82, 2.24) is 10.2 Å². The summed E-state index contributed by atoms with van der Waals surface area (Å²) in [6, 6.07) is 5.76. The average molecular weight is 261 g/mol. The van der Waals surface area contributed by atoms with Crippen LogP contribution in [-0.2, 0) is 0 Å². The Labute approximate surface area is 115 Å². The average Bonchev–Trinajstić information content (AvgIpc) is 2.42. The maximum Gasteiger partial charge on any atom is 0.251 e. The van der Waals surface area contributed by atoms with E-state index in [0.717, 1.165) is 38.0 Å². The Balaban J connectivity index is 1.96. The van der Waals surface area contributed by atoms with Gasteiger partial charge in [0.05, 0.1) is 0 Å². The van der Waals surface area contributed by atoms with Gasteiger partial charge >= 0.3 is 0 Å². The third kappa shape index (κ3) is 3.47. The quantitative estimate of drug-likeness (QED) is 0.816. The highest BCUT2D eigenvalue weighted by Crippen LogP contribution is 2.15. The van der Waals surface area contributed by atoms with Gasteiger partial charge in [-0.15, -0.1) is 0 Å². The maximum atomic E-state index is 12.3. The van der Waals surface area contributed by atoms with Crippen LogP contribution in [0.3, 0.4) is 0 Å². The summed E-state index contributed by atoms with van der Waals surface area (Å²) in [5, 5.41) is 3.13. The van der Waals surface area contributed by atoms with E-state index >= 15 is 0 Å². The molecule has 0 unspecified atom stereocenters. The zero-order valence-corrected chi connectivity index (χ0v) is 11.8. The second-order valence-corrected chi connectivity index (χ2v) is 5.26. The molecule has 1 aliphatic rings. The van der Waals surface area contributed by atoms with Crippen molar-refractivity contribution in [3.8, 4) is 0 Å². The monoisotopic (exact) mass is 261 g/mol. The lowest BCUT2D eigenvalue weighted by molar-refractivity contribution is 0.0912. The van der Waals surface area contributed by atoms with Crippen molar-refractivity contribution < 1.29 is 4.79 Å². The van der Waals surface area contributed by atoms with Crippen molar-refractivity contribution in [2.75, 3.05) is 25.4 Å². The fourth-order valence-corrected chi connectivity index (χ4v) is 2.54. The van der Waals surface area contributed by atoms with Crippen LogP contribution in [0.1, 0.15) is 35.7 Å². The van der Waals surface area contributed by atoms with Crippen LogP contribution in [0, 0.1) is 6.92 Å². The van der Waals surface area contributed by atoms with Gasteiger partial charge in [-0.3, -0.25) is 4.79 Å². The number of amides is 1. The first-order valence-electron chi connectivity index (χ1n) is 6.99. The first kappa shape index (κ1) is 13.9. The number of likely N-dealkylation sites (tertiary alicyclic amines) is 1. The zero-order chi connectivity index (χ0) is 13.8. The van der Waals surface area contributed by atoms with Crippen molar-refractivity contribution in [2.24, 2.45) is 0 Å². The van der Waals surface area contributed by atoms with Gasteiger partial charge in [0.2, 0.25) is 0 Å². The van der Waals surface area contributed by atoms with Crippen LogP contribution in [0.5, 0.6) is 0 Å². The van der Waals surface area contributed by atoms with Crippen LogP contribution in [0.4, 0.5) is 5.69 Å². The molecule has 0 bridgehead atoms. The fourth-order valence-electron chi connectivity index (χ4n) is 2.54. The second kappa shape index (κ2) is 6.06. The summed E-state index contributed by atoms with van der Waals surface area (Å²) >= 11 is 0. The molecule has 4 heteroatoms. The van der Waals surface area contributed by atoms with Gasteiger partial charge in [0, 0.05) is 30.4 Å². The molecular weight excluding hydrogens is 238 g/mol. The molecule has 1 fully saturated rings. The Kier molecular flexibility index (Phi) is 4.43. The Morgan fingerprint density at radius 3 is 2.74 bits per heavy atom. The van der Waals surface area contributed by atoms with E-state index in [-0.39, 0.29) is 11.9 Å². The number of rotatable bonds is 3. The summed E-state index contributed by atoms with van der Waals surface area (Å²) < 4.78 is 0. The Morgan fingerprint density at radius 2 is 2.11 bits per heavy atom. The molecule has 2 rings (SSSR count). The number of nitrogens with one attached hydrogen (secondary N) is 1. The molecule has 104 valence electrons. The highest BCUT2D eigenvalue weighted by Gasteiger charge is 2.20. The standard InChI is InChI=1S/C15H23N3O/c1-3-18-8-6-13(7-9-18)17-15(19)14-10-12(16)5-4-11(14)2/h4-5,10,13H,3,6-9,16H2,1-2H3,(H,17,19). The number of nitrogens with two attached hydrogens (primary N) is 1. The van der Waals surface area contributed by atoms with Gasteiger partial charge in [0.15, 0.2) is 0 Å². The van der Waals surface area contributed by atoms with Crippen molar-refractivity contribution in [2.45, 2.75) is 32.7 Å². The molecule has 0 atom stereocenters. The van der Waals surface area contributed by atoms with Crippen LogP contribution < -0.4 is 11.1 Å². The van der Waals surface area contributed by atoms with E-state index in [0.29, 0.717) is 11.3 Å². The lowest BCUT2D eigenvalue weighted by Gasteiger charge is -2.31. The molecule has 1 heterocycles. The zero-order valence-electron chi connectivity index (χ0n) is 11.8. The molecule has 0 spiro atoms. The Bertz CT molecular complexity index is 451. The van der Waals surface area contributed by atoms with Gasteiger partial charge in [-0.25, -0.2) is 0 Å². The van der Waals surface area contributed by atoms with E-state index in [2.05, 4.69) is 17.1 Å². The van der Waals surface area contributed by atoms with Gasteiger partial charge in [-0.1, -0.05) is 13.0 Å². The molecule has 1 amide bonds. The summed E-state index contributed by atoms with van der Waals surface area (Å²) in [6.45, 7) is 7.34. The van der Waals surface area contributed by atoms with E-state index < -0.39 is 0 Å². The minimum absolute atomic E-state index is 0.000233. The lowest BCUT2D eigenvalue weighted by atomic mass is 10.0. The van der Waals surface area contributed by atoms with Crippen molar-refractivity contribution >= 4 is 11.6 Å². The number of aryl methyl sites for hydroxylation is 1. The number of hydrogen-bond donors (Lipinski definition) is 2. The Hall–Kier alpha value is -1.55. The van der Waals surface area contributed by atoms with Gasteiger partial charge in [0.25, 0.3) is 5.91 Å². The number of anilines is 1. The molecule has 1 aromatic carbocycles. The summed E-state index contributed by atoms with van der Waals surface area (Å²) in [7, 11) is 0. The highest BCUT2D eigenvalue weighted by atomic mass is 16.1. The summed E-state index contributed by atoms with van der Waals surface area (Å²) in [6.07, 6.45) is 2.06. The second-order valence-electron chi connectivity index (χ2n) is 5.26. The first-order valence-corrected chi connectivity index (χ1v) is 6.99. The predicted octanol–water partition coefficient (Wildman–Crippen LogP) is 1.79. The molecule has 3 N–H and O–H groups in total. The molecular formula is C15H23N3O. The molecule has 1 aliphatic heterocycles. The molecule has 0 aromatic heterocycles. The van der Waals surface area contributed by atoms with Gasteiger partial charge in [-0.2, -0.15) is 0 Å². The highest BCUT2D eigenvalue weighted by molar-refractivity contribution is 5.96. The number of benzene rings is 1. The lowest BCUT2D eigenvalue weighted by Crippen LogP contribution is -2.44. The topological polar surface area (TPSA) is 58.4 Å². The van der Waals surface area contributed by atoms with E-state index in [4.69, 9.17) is 5.73 Å². The van der Waals surface area contributed by atoms with Gasteiger partial charge < -0.3 is 16.0 Å². The molecule has 19 heavy (non-hydrogen) atoms. The molecule has 1 saturated heterocycles. The van der Waals surface area contributed by atoms with Crippen LogP contribution in [0.15, 0.2) is 18.2 Å². The normalized spacial score (nSPS) is 17.4. The summed E-state index contributed by atoms with van der Waals surface area (Å²) in [4.78, 5) is 14.7. The van der Waals surface area contributed by atoms with E-state index in [1.54, 1.807) is 6.07 Å². The molecule has 0 radical (unpaired) electrons. The van der Waals surface area contributed by atoms with Crippen molar-refractivity contribution in [3.05, 3.63) is 29.3 Å². The number of hydrogen-bond acceptors (Lipinski definition) is 3. The molecule has 0 saturated carbocycles. The maximum absolute atomic E-state index is 12.3. The van der Waals surface area contributed by atoms with Crippen LogP contribution in [-0.4, -0.2) is 36.5 Å². The number of carbonyl (C=O) groups excluding carboxylic acids is 1. The SMILES string of the molecule is CCN1CCC(NC(=O)c2cc(N)ccc2C)CC1. The van der Waals surface area contributed by atoms with E-state index in [9.17, 15) is 4.79 Å². The third-order valence-electron chi connectivity index (χ3n) is 3.88. The molecule has 1 aromatic rings. The van der Waals surface area contributed by atoms with Crippen LogP contribution >= 0.6 is 0 Å². The minimum atomic E-state index is -0.000233. The van der Waals surface area contributed by atoms with E-state index in [1.807, 2.05) is 19.1 Å². The smallest absolute Gasteiger partial charge is 0.251 e. The van der Waals surface area contributed by atoms with Crippen molar-refractivity contribution in [1.29, 1.82) is 0 Å². The number of nitrogens with zero attached hydrogens (tertiary/aromatic N) is 1. The number of carbonyl (C=O) groups is 1. The minimum Gasteiger partial charge on any atom is -0.399 e. The number of piperidine rings is 1. The fraction of sp³-hybridized carbons (Fsp3) is 0.533. The Morgan fingerprint density at radius 1 is 1.42 bits per heavy atom. The largest absolute Gasteiger partial charge is 0.399 e. The van der Waals surface area contributed by atoms with Crippen molar-refractivity contribution in [3.63, 3.8) is 0 Å². The summed E-state index contributed by atoms with van der Waals surface area (Å²) in [5.74, 6) is -0.000233. The predicted molar refractivity (Wildman–Crippen MR) is 78.2 cm³/mol. The van der Waals surface area contributed by atoms with E-state index in [1.165, 1.54) is 0 Å². The van der Waals surface area contributed by atoms with Crippen LogP contribution in [0.25, 0.3) is 0 Å². The summed E-state index contributed by atoms with van der Waals surface area (Å²) in [5.41, 5.74) is 8.05. The first-order chi connectivity index (χ1) is 9.10. The number of nitrogen functional groups attached to an aromatic ring is 1.